The molecule has 0 N–H and O–H groups in total. The summed E-state index contributed by atoms with van der Waals surface area (Å²) in [5.41, 5.74) is 13.1. The standard InChI is InChI=1S/C49H34/c1-49(2)45-18-10-9-13-39(45)40-26-25-38(30-46(40)49)48-43-16-7-5-14-41(43)47(42-15-6-8-17-44(42)48)37-24-23-35-28-34(21-22-36(35)29-37)33-20-19-31-11-3-4-12-32(31)27-33/h3-30H,1-2H3. The van der Waals surface area contributed by atoms with Crippen LogP contribution < -0.4 is 0 Å². The smallest absolute Gasteiger partial charge is 0.0159 e. The summed E-state index contributed by atoms with van der Waals surface area (Å²) < 4.78 is 0. The highest BCUT2D eigenvalue weighted by Crippen LogP contribution is 2.51. The first-order valence-electron chi connectivity index (χ1n) is 17.3. The fraction of sp³-hybridized carbons (Fsp3) is 0.0612. The minimum atomic E-state index is -0.0489. The second kappa shape index (κ2) is 10.5. The van der Waals surface area contributed by atoms with Crippen LogP contribution in [-0.4, -0.2) is 0 Å². The van der Waals surface area contributed by atoms with Crippen LogP contribution in [0.15, 0.2) is 170 Å². The average Bonchev–Trinajstić information content (AvgIpc) is 3.38. The molecule has 0 aromatic heterocycles. The summed E-state index contributed by atoms with van der Waals surface area (Å²) in [5.74, 6) is 0. The third-order valence-corrected chi connectivity index (χ3v) is 11.0. The maximum atomic E-state index is 2.46. The normalized spacial score (nSPS) is 13.3. The Morgan fingerprint density at radius 2 is 0.714 bits per heavy atom. The van der Waals surface area contributed by atoms with Crippen molar-refractivity contribution in [2.75, 3.05) is 0 Å². The van der Waals surface area contributed by atoms with E-state index in [1.54, 1.807) is 0 Å². The van der Waals surface area contributed by atoms with Gasteiger partial charge in [-0.15, -0.1) is 0 Å². The summed E-state index contributed by atoms with van der Waals surface area (Å²) in [6.45, 7) is 4.73. The number of benzene rings is 9. The molecule has 49 heavy (non-hydrogen) atoms. The molecule has 0 fully saturated rings. The van der Waals surface area contributed by atoms with Gasteiger partial charge in [0.1, 0.15) is 0 Å². The molecular weight excluding hydrogens is 589 g/mol. The lowest BCUT2D eigenvalue weighted by atomic mass is 9.80. The Labute approximate surface area is 286 Å². The molecule has 0 heterocycles. The van der Waals surface area contributed by atoms with E-state index in [2.05, 4.69) is 184 Å². The van der Waals surface area contributed by atoms with Crippen molar-refractivity contribution < 1.29 is 0 Å². The summed E-state index contributed by atoms with van der Waals surface area (Å²) in [7, 11) is 0. The molecule has 0 nitrogen and oxygen atoms in total. The van der Waals surface area contributed by atoms with Gasteiger partial charge in [-0.25, -0.2) is 0 Å². The van der Waals surface area contributed by atoms with Crippen LogP contribution in [0.5, 0.6) is 0 Å². The van der Waals surface area contributed by atoms with E-state index >= 15 is 0 Å². The maximum Gasteiger partial charge on any atom is 0.0159 e. The van der Waals surface area contributed by atoms with E-state index in [4.69, 9.17) is 0 Å². The Morgan fingerprint density at radius 1 is 0.306 bits per heavy atom. The molecule has 0 unspecified atom stereocenters. The Bertz CT molecular complexity index is 2740. The van der Waals surface area contributed by atoms with Crippen molar-refractivity contribution in [2.24, 2.45) is 0 Å². The molecule has 0 saturated carbocycles. The molecule has 0 saturated heterocycles. The molecule has 9 aromatic carbocycles. The van der Waals surface area contributed by atoms with E-state index in [-0.39, 0.29) is 5.41 Å². The van der Waals surface area contributed by atoms with Gasteiger partial charge >= 0.3 is 0 Å². The first-order chi connectivity index (χ1) is 24.0. The monoisotopic (exact) mass is 622 g/mol. The first kappa shape index (κ1) is 28.1. The van der Waals surface area contributed by atoms with Crippen LogP contribution in [0.4, 0.5) is 0 Å². The molecule has 10 rings (SSSR count). The molecular formula is C49H34. The number of hydrogen-bond donors (Lipinski definition) is 0. The van der Waals surface area contributed by atoms with Gasteiger partial charge in [-0.1, -0.05) is 159 Å². The lowest BCUT2D eigenvalue weighted by Crippen LogP contribution is -2.14. The molecule has 0 heteroatoms. The number of rotatable bonds is 3. The second-order valence-corrected chi connectivity index (χ2v) is 14.1. The van der Waals surface area contributed by atoms with E-state index in [1.165, 1.54) is 98.7 Å². The van der Waals surface area contributed by atoms with E-state index in [1.807, 2.05) is 0 Å². The SMILES string of the molecule is CC1(C)c2ccccc2-c2ccc(-c3c4ccccc4c(-c4ccc5cc(-c6ccc7ccccc7c6)ccc5c4)c4ccccc34)cc21. The van der Waals surface area contributed by atoms with Crippen molar-refractivity contribution in [3.8, 4) is 44.5 Å². The minimum absolute atomic E-state index is 0.0489. The van der Waals surface area contributed by atoms with Crippen LogP contribution in [0.1, 0.15) is 25.0 Å². The minimum Gasteiger partial charge on any atom is -0.0619 e. The van der Waals surface area contributed by atoms with Crippen LogP contribution in [0.25, 0.3) is 87.6 Å². The second-order valence-electron chi connectivity index (χ2n) is 14.1. The van der Waals surface area contributed by atoms with Gasteiger partial charge in [0.05, 0.1) is 0 Å². The fourth-order valence-corrected chi connectivity index (χ4v) is 8.56. The highest BCUT2D eigenvalue weighted by atomic mass is 14.4. The van der Waals surface area contributed by atoms with Crippen LogP contribution in [0.3, 0.4) is 0 Å². The van der Waals surface area contributed by atoms with Crippen LogP contribution in [-0.2, 0) is 5.41 Å². The predicted molar refractivity (Wildman–Crippen MR) is 210 cm³/mol. The van der Waals surface area contributed by atoms with Crippen molar-refractivity contribution in [3.05, 3.63) is 181 Å². The molecule has 1 aliphatic carbocycles. The van der Waals surface area contributed by atoms with Crippen LogP contribution in [0, 0.1) is 0 Å². The largest absolute Gasteiger partial charge is 0.0619 e. The van der Waals surface area contributed by atoms with Gasteiger partial charge in [0.25, 0.3) is 0 Å². The molecule has 0 atom stereocenters. The summed E-state index contributed by atoms with van der Waals surface area (Å²) in [6, 6.07) is 63.2. The lowest BCUT2D eigenvalue weighted by molar-refractivity contribution is 0.660. The molecule has 0 bridgehead atoms. The van der Waals surface area contributed by atoms with E-state index in [0.717, 1.165) is 0 Å². The predicted octanol–water partition coefficient (Wildman–Crippen LogP) is 13.6. The Hall–Kier alpha value is -5.98. The zero-order chi connectivity index (χ0) is 32.7. The van der Waals surface area contributed by atoms with E-state index < -0.39 is 0 Å². The quantitative estimate of drug-likeness (QED) is 0.172. The molecule has 230 valence electrons. The Morgan fingerprint density at radius 3 is 1.35 bits per heavy atom. The number of fused-ring (bicyclic) bond motifs is 7. The van der Waals surface area contributed by atoms with Gasteiger partial charge in [0.15, 0.2) is 0 Å². The maximum absolute atomic E-state index is 2.46. The topological polar surface area (TPSA) is 0 Å². The van der Waals surface area contributed by atoms with Gasteiger partial charge in [0, 0.05) is 5.41 Å². The van der Waals surface area contributed by atoms with Crippen molar-refractivity contribution >= 4 is 43.1 Å². The van der Waals surface area contributed by atoms with Crippen molar-refractivity contribution in [1.82, 2.24) is 0 Å². The van der Waals surface area contributed by atoms with E-state index in [0.29, 0.717) is 0 Å². The molecule has 0 spiro atoms. The van der Waals surface area contributed by atoms with Crippen molar-refractivity contribution in [3.63, 3.8) is 0 Å². The van der Waals surface area contributed by atoms with Crippen LogP contribution in [0.2, 0.25) is 0 Å². The zero-order valence-corrected chi connectivity index (χ0v) is 27.7. The lowest BCUT2D eigenvalue weighted by Gasteiger charge is -2.23. The Balaban J connectivity index is 1.14. The molecule has 1 aliphatic rings. The summed E-state index contributed by atoms with van der Waals surface area (Å²) >= 11 is 0. The van der Waals surface area contributed by atoms with Crippen molar-refractivity contribution in [1.29, 1.82) is 0 Å². The van der Waals surface area contributed by atoms with Crippen LogP contribution >= 0.6 is 0 Å². The average molecular weight is 623 g/mol. The van der Waals surface area contributed by atoms with Gasteiger partial charge < -0.3 is 0 Å². The van der Waals surface area contributed by atoms with Crippen molar-refractivity contribution in [2.45, 2.75) is 19.3 Å². The Kier molecular flexibility index (Phi) is 6.02. The van der Waals surface area contributed by atoms with Gasteiger partial charge in [-0.3, -0.25) is 0 Å². The summed E-state index contributed by atoms with van der Waals surface area (Å²) in [4.78, 5) is 0. The zero-order valence-electron chi connectivity index (χ0n) is 27.7. The molecule has 0 radical (unpaired) electrons. The summed E-state index contributed by atoms with van der Waals surface area (Å²) in [6.07, 6.45) is 0. The molecule has 0 aliphatic heterocycles. The third-order valence-electron chi connectivity index (χ3n) is 11.0. The van der Waals surface area contributed by atoms with Gasteiger partial charge in [0.2, 0.25) is 0 Å². The van der Waals surface area contributed by atoms with Gasteiger partial charge in [-0.05, 0) is 123 Å². The third kappa shape index (κ3) is 4.24. The summed E-state index contributed by atoms with van der Waals surface area (Å²) in [5, 5.41) is 10.2. The van der Waals surface area contributed by atoms with Gasteiger partial charge in [-0.2, -0.15) is 0 Å². The fourth-order valence-electron chi connectivity index (χ4n) is 8.56. The first-order valence-corrected chi connectivity index (χ1v) is 17.3. The highest BCUT2D eigenvalue weighted by Gasteiger charge is 2.35. The molecule has 0 amide bonds. The number of hydrogen-bond acceptors (Lipinski definition) is 0. The van der Waals surface area contributed by atoms with E-state index in [9.17, 15) is 0 Å². The molecule has 9 aromatic rings. The highest BCUT2D eigenvalue weighted by molar-refractivity contribution is 6.22.